The van der Waals surface area contributed by atoms with Gasteiger partial charge in [-0.05, 0) is 49.3 Å². The van der Waals surface area contributed by atoms with E-state index in [-0.39, 0.29) is 18.5 Å². The van der Waals surface area contributed by atoms with Crippen LogP contribution in [-0.2, 0) is 11.3 Å². The molecule has 0 unspecified atom stereocenters. The van der Waals surface area contributed by atoms with Gasteiger partial charge in [-0.25, -0.2) is 4.39 Å². The van der Waals surface area contributed by atoms with Gasteiger partial charge >= 0.3 is 0 Å². The molecule has 2 nitrogen and oxygen atoms in total. The molecule has 1 aromatic rings. The van der Waals surface area contributed by atoms with Crippen LogP contribution in [0.4, 0.5) is 4.39 Å². The number of hydrogen-bond acceptors (Lipinski definition) is 2. The summed E-state index contributed by atoms with van der Waals surface area (Å²) >= 11 is 5.94. The molecule has 4 heteroatoms. The minimum absolute atomic E-state index is 0.230. The number of halogens is 2. The van der Waals surface area contributed by atoms with Gasteiger partial charge in [-0.15, -0.1) is 0 Å². The number of aliphatic hydroxyl groups is 1. The van der Waals surface area contributed by atoms with Crippen molar-refractivity contribution in [2.24, 2.45) is 5.92 Å². The maximum absolute atomic E-state index is 12.9. The first kappa shape index (κ1) is 13.8. The van der Waals surface area contributed by atoms with Crippen LogP contribution in [0.1, 0.15) is 31.2 Å². The zero-order valence-corrected chi connectivity index (χ0v) is 11.0. The van der Waals surface area contributed by atoms with Gasteiger partial charge in [-0.2, -0.15) is 0 Å². The minimum atomic E-state index is -0.327. The molecule has 1 saturated carbocycles. The van der Waals surface area contributed by atoms with Gasteiger partial charge in [0.2, 0.25) is 0 Å². The molecule has 100 valence electrons. The Labute approximate surface area is 112 Å². The molecule has 18 heavy (non-hydrogen) atoms. The summed E-state index contributed by atoms with van der Waals surface area (Å²) in [7, 11) is 0. The van der Waals surface area contributed by atoms with Crippen molar-refractivity contribution in [2.45, 2.75) is 38.4 Å². The molecule has 1 aromatic carbocycles. The van der Waals surface area contributed by atoms with E-state index in [9.17, 15) is 4.39 Å². The molecule has 1 N–H and O–H groups in total. The first-order valence-corrected chi connectivity index (χ1v) is 6.73. The van der Waals surface area contributed by atoms with Crippen LogP contribution >= 0.6 is 11.6 Å². The van der Waals surface area contributed by atoms with Gasteiger partial charge in [0.1, 0.15) is 5.82 Å². The average molecular weight is 273 g/mol. The lowest BCUT2D eigenvalue weighted by Crippen LogP contribution is -2.23. The molecule has 0 aromatic heterocycles. The third-order valence-electron chi connectivity index (χ3n) is 3.54. The maximum Gasteiger partial charge on any atom is 0.124 e. The first-order chi connectivity index (χ1) is 8.69. The lowest BCUT2D eigenvalue weighted by atomic mass is 9.88. The van der Waals surface area contributed by atoms with Crippen LogP contribution in [0.15, 0.2) is 18.2 Å². The molecule has 1 aliphatic rings. The molecule has 0 aliphatic heterocycles. The molecule has 0 radical (unpaired) electrons. The Morgan fingerprint density at radius 3 is 2.61 bits per heavy atom. The number of rotatable bonds is 4. The summed E-state index contributed by atoms with van der Waals surface area (Å²) in [4.78, 5) is 0. The van der Waals surface area contributed by atoms with Gasteiger partial charge in [-0.3, -0.25) is 0 Å². The fourth-order valence-electron chi connectivity index (χ4n) is 2.33. The summed E-state index contributed by atoms with van der Waals surface area (Å²) in [5.41, 5.74) is 0.822. The molecule has 1 fully saturated rings. The summed E-state index contributed by atoms with van der Waals surface area (Å²) in [5.74, 6) is 0.103. The van der Waals surface area contributed by atoms with Gasteiger partial charge in [0.15, 0.2) is 0 Å². The summed E-state index contributed by atoms with van der Waals surface area (Å²) < 4.78 is 18.7. The molecular formula is C14H18ClFO2. The molecule has 1 aliphatic carbocycles. The minimum Gasteiger partial charge on any atom is -0.396 e. The number of aliphatic hydroxyl groups excluding tert-OH is 1. The Balaban J connectivity index is 1.81. The van der Waals surface area contributed by atoms with E-state index in [1.807, 2.05) is 0 Å². The first-order valence-electron chi connectivity index (χ1n) is 6.35. The smallest absolute Gasteiger partial charge is 0.124 e. The van der Waals surface area contributed by atoms with E-state index in [1.165, 1.54) is 12.1 Å². The predicted molar refractivity (Wildman–Crippen MR) is 69.0 cm³/mol. The van der Waals surface area contributed by atoms with Crippen molar-refractivity contribution in [3.63, 3.8) is 0 Å². The largest absolute Gasteiger partial charge is 0.396 e. The van der Waals surface area contributed by atoms with Crippen LogP contribution in [0.3, 0.4) is 0 Å². The van der Waals surface area contributed by atoms with Crippen LogP contribution < -0.4 is 0 Å². The van der Waals surface area contributed by atoms with Gasteiger partial charge in [0.05, 0.1) is 12.7 Å². The highest BCUT2D eigenvalue weighted by molar-refractivity contribution is 6.31. The van der Waals surface area contributed by atoms with E-state index in [1.54, 1.807) is 6.07 Å². The zero-order valence-electron chi connectivity index (χ0n) is 10.2. The van der Waals surface area contributed by atoms with Crippen molar-refractivity contribution >= 4 is 11.6 Å². The Bertz CT molecular complexity index is 389. The maximum atomic E-state index is 12.9. The lowest BCUT2D eigenvalue weighted by Gasteiger charge is -2.27. The lowest BCUT2D eigenvalue weighted by molar-refractivity contribution is 0.00122. The van der Waals surface area contributed by atoms with E-state index in [2.05, 4.69) is 0 Å². The fraction of sp³-hybridized carbons (Fsp3) is 0.571. The van der Waals surface area contributed by atoms with E-state index in [0.29, 0.717) is 17.5 Å². The summed E-state index contributed by atoms with van der Waals surface area (Å²) in [5, 5.41) is 9.47. The SMILES string of the molecule is OCC1CCC(OCc2ccc(F)cc2Cl)CC1. The predicted octanol–water partition coefficient (Wildman–Crippen LogP) is 3.55. The van der Waals surface area contributed by atoms with E-state index >= 15 is 0 Å². The van der Waals surface area contributed by atoms with Gasteiger partial charge < -0.3 is 9.84 Å². The topological polar surface area (TPSA) is 29.5 Å². The van der Waals surface area contributed by atoms with Crippen molar-refractivity contribution in [1.82, 2.24) is 0 Å². The Kier molecular flexibility index (Phi) is 4.98. The third-order valence-corrected chi connectivity index (χ3v) is 3.89. The van der Waals surface area contributed by atoms with Crippen molar-refractivity contribution in [3.8, 4) is 0 Å². The highest BCUT2D eigenvalue weighted by atomic mass is 35.5. The molecular weight excluding hydrogens is 255 g/mol. The van der Waals surface area contributed by atoms with Gasteiger partial charge in [0.25, 0.3) is 0 Å². The molecule has 0 amide bonds. The monoisotopic (exact) mass is 272 g/mol. The number of ether oxygens (including phenoxy) is 1. The van der Waals surface area contributed by atoms with E-state index in [4.69, 9.17) is 21.4 Å². The van der Waals surface area contributed by atoms with Gasteiger partial charge in [0, 0.05) is 11.6 Å². The van der Waals surface area contributed by atoms with Crippen LogP contribution in [0.25, 0.3) is 0 Å². The van der Waals surface area contributed by atoms with Crippen LogP contribution in [0.2, 0.25) is 5.02 Å². The molecule has 0 heterocycles. The van der Waals surface area contributed by atoms with E-state index < -0.39 is 0 Å². The molecule has 0 spiro atoms. The molecule has 0 atom stereocenters. The Morgan fingerprint density at radius 2 is 2.00 bits per heavy atom. The van der Waals surface area contributed by atoms with Crippen LogP contribution in [-0.4, -0.2) is 17.8 Å². The van der Waals surface area contributed by atoms with Crippen molar-refractivity contribution in [1.29, 1.82) is 0 Å². The standard InChI is InChI=1S/C14H18ClFO2/c15-14-7-12(16)4-3-11(14)9-18-13-5-1-10(8-17)2-6-13/h3-4,7,10,13,17H,1-2,5-6,8-9H2. The highest BCUT2D eigenvalue weighted by Crippen LogP contribution is 2.27. The molecule has 0 saturated heterocycles. The normalized spacial score (nSPS) is 24.2. The Morgan fingerprint density at radius 1 is 1.28 bits per heavy atom. The summed E-state index contributed by atoms with van der Waals surface area (Å²) in [6.45, 7) is 0.698. The molecule has 2 rings (SSSR count). The Hall–Kier alpha value is -0.640. The fourth-order valence-corrected chi connectivity index (χ4v) is 2.55. The summed E-state index contributed by atoms with van der Waals surface area (Å²) in [6.07, 6.45) is 4.21. The number of hydrogen-bond donors (Lipinski definition) is 1. The molecule has 0 bridgehead atoms. The van der Waals surface area contributed by atoms with E-state index in [0.717, 1.165) is 31.2 Å². The summed E-state index contributed by atoms with van der Waals surface area (Å²) in [6, 6.07) is 4.37. The third kappa shape index (κ3) is 3.67. The zero-order chi connectivity index (χ0) is 13.0. The van der Waals surface area contributed by atoms with Gasteiger partial charge in [-0.1, -0.05) is 17.7 Å². The average Bonchev–Trinajstić information content (AvgIpc) is 2.38. The van der Waals surface area contributed by atoms with Crippen LogP contribution in [0.5, 0.6) is 0 Å². The van der Waals surface area contributed by atoms with Crippen LogP contribution in [0, 0.1) is 11.7 Å². The second-order valence-corrected chi connectivity index (χ2v) is 5.28. The second kappa shape index (κ2) is 6.50. The van der Waals surface area contributed by atoms with Crippen molar-refractivity contribution in [3.05, 3.63) is 34.6 Å². The van der Waals surface area contributed by atoms with Crippen molar-refractivity contribution in [2.75, 3.05) is 6.61 Å². The quantitative estimate of drug-likeness (QED) is 0.908. The number of benzene rings is 1. The highest BCUT2D eigenvalue weighted by Gasteiger charge is 2.21. The second-order valence-electron chi connectivity index (χ2n) is 4.87. The van der Waals surface area contributed by atoms with Crippen molar-refractivity contribution < 1.29 is 14.2 Å².